The second-order valence-electron chi connectivity index (χ2n) is 5.56. The predicted molar refractivity (Wildman–Crippen MR) is 83.0 cm³/mol. The highest BCUT2D eigenvalue weighted by molar-refractivity contribution is 6.01. The van der Waals surface area contributed by atoms with Crippen LogP contribution in [0.5, 0.6) is 11.5 Å². The Bertz CT molecular complexity index is 795. The molecule has 2 N–H and O–H groups in total. The van der Waals surface area contributed by atoms with E-state index in [1.54, 1.807) is 18.2 Å². The van der Waals surface area contributed by atoms with Gasteiger partial charge < -0.3 is 15.4 Å². The molecular weight excluding hydrogens is 321 g/mol. The molecule has 0 saturated heterocycles. The highest BCUT2D eigenvalue weighted by atomic mass is 19.3. The van der Waals surface area contributed by atoms with Gasteiger partial charge in [0.1, 0.15) is 11.6 Å². The lowest BCUT2D eigenvalue weighted by atomic mass is 9.97. The van der Waals surface area contributed by atoms with Crippen molar-refractivity contribution in [1.82, 2.24) is 0 Å². The van der Waals surface area contributed by atoms with E-state index in [1.807, 2.05) is 0 Å². The summed E-state index contributed by atoms with van der Waals surface area (Å²) in [5.74, 6) is -1.07. The van der Waals surface area contributed by atoms with E-state index in [1.165, 1.54) is 11.9 Å². The van der Waals surface area contributed by atoms with E-state index in [4.69, 9.17) is 10.5 Å². The monoisotopic (exact) mass is 336 g/mol. The molecule has 0 radical (unpaired) electrons. The smallest absolute Gasteiger partial charge is 0.267 e. The molecule has 0 bridgehead atoms. The first-order valence-corrected chi connectivity index (χ1v) is 7.29. The fourth-order valence-electron chi connectivity index (χ4n) is 2.77. The van der Waals surface area contributed by atoms with Crippen LogP contribution in [-0.4, -0.2) is 19.0 Å². The molecule has 2 aromatic carbocycles. The Morgan fingerprint density at radius 1 is 1.25 bits per heavy atom. The van der Waals surface area contributed by atoms with Gasteiger partial charge in [0.05, 0.1) is 17.3 Å². The minimum absolute atomic E-state index is 0.197. The maximum atomic E-state index is 13.4. The molecule has 4 nitrogen and oxygen atoms in total. The van der Waals surface area contributed by atoms with E-state index in [0.29, 0.717) is 12.1 Å². The van der Waals surface area contributed by atoms with Crippen LogP contribution in [0.1, 0.15) is 17.6 Å². The lowest BCUT2D eigenvalue weighted by Crippen LogP contribution is -2.47. The van der Waals surface area contributed by atoms with Crippen molar-refractivity contribution in [3.05, 3.63) is 53.3 Å². The van der Waals surface area contributed by atoms with Crippen LogP contribution in [0.3, 0.4) is 0 Å². The zero-order valence-corrected chi connectivity index (χ0v) is 12.8. The van der Waals surface area contributed by atoms with Crippen molar-refractivity contribution in [3.8, 4) is 11.5 Å². The molecule has 7 heteroatoms. The van der Waals surface area contributed by atoms with Gasteiger partial charge in [-0.25, -0.2) is 13.2 Å². The van der Waals surface area contributed by atoms with Crippen molar-refractivity contribution >= 4 is 11.6 Å². The van der Waals surface area contributed by atoms with Gasteiger partial charge in [-0.3, -0.25) is 4.79 Å². The molecule has 0 spiro atoms. The number of rotatable bonds is 3. The number of benzene rings is 2. The van der Waals surface area contributed by atoms with Crippen molar-refractivity contribution in [2.24, 2.45) is 5.73 Å². The van der Waals surface area contributed by atoms with Crippen molar-refractivity contribution in [2.45, 2.75) is 18.9 Å². The van der Waals surface area contributed by atoms with Gasteiger partial charge in [0.25, 0.3) is 6.43 Å². The van der Waals surface area contributed by atoms with E-state index in [-0.39, 0.29) is 17.4 Å². The maximum Gasteiger partial charge on any atom is 0.267 e. The maximum absolute atomic E-state index is 13.4. The van der Waals surface area contributed by atoms with Crippen LogP contribution in [-0.2, 0) is 11.2 Å². The highest BCUT2D eigenvalue weighted by Crippen LogP contribution is 2.40. The number of para-hydroxylation sites is 1. The van der Waals surface area contributed by atoms with Crippen LogP contribution in [0.25, 0.3) is 0 Å². The Morgan fingerprint density at radius 2 is 2.00 bits per heavy atom. The summed E-state index contributed by atoms with van der Waals surface area (Å²) in [5.41, 5.74) is 6.58. The molecule has 126 valence electrons. The van der Waals surface area contributed by atoms with Crippen LogP contribution in [0.15, 0.2) is 36.4 Å². The molecular formula is C17H15F3N2O2. The number of nitrogens with two attached hydrogens (primary N) is 1. The number of hydrogen-bond donors (Lipinski definition) is 1. The largest absolute Gasteiger partial charge is 0.455 e. The molecule has 1 heterocycles. The van der Waals surface area contributed by atoms with E-state index in [2.05, 4.69) is 0 Å². The number of halogens is 3. The fourth-order valence-corrected chi connectivity index (χ4v) is 2.77. The Morgan fingerprint density at radius 3 is 2.71 bits per heavy atom. The first-order valence-electron chi connectivity index (χ1n) is 7.29. The van der Waals surface area contributed by atoms with Gasteiger partial charge in [-0.05, 0) is 30.2 Å². The van der Waals surface area contributed by atoms with Crippen LogP contribution in [0.2, 0.25) is 0 Å². The van der Waals surface area contributed by atoms with E-state index in [9.17, 15) is 18.0 Å². The number of nitrogens with zero attached hydrogens (tertiary/aromatic N) is 1. The minimum atomic E-state index is -2.81. The summed E-state index contributed by atoms with van der Waals surface area (Å²) in [6.07, 6.45) is -2.49. The molecule has 0 saturated carbocycles. The second kappa shape index (κ2) is 6.16. The zero-order chi connectivity index (χ0) is 17.4. The molecule has 24 heavy (non-hydrogen) atoms. The summed E-state index contributed by atoms with van der Waals surface area (Å²) >= 11 is 0. The van der Waals surface area contributed by atoms with Crippen LogP contribution < -0.4 is 15.4 Å². The Labute approximate surface area is 136 Å². The number of anilines is 1. The van der Waals surface area contributed by atoms with Crippen LogP contribution >= 0.6 is 0 Å². The predicted octanol–water partition coefficient (Wildman–Crippen LogP) is 3.40. The number of ether oxygens (including phenoxy) is 1. The number of amides is 1. The van der Waals surface area contributed by atoms with E-state index in [0.717, 1.165) is 23.8 Å². The zero-order valence-electron chi connectivity index (χ0n) is 12.8. The summed E-state index contributed by atoms with van der Waals surface area (Å²) in [6.45, 7) is 0. The average molecular weight is 336 g/mol. The van der Waals surface area contributed by atoms with E-state index >= 15 is 0 Å². The van der Waals surface area contributed by atoms with Gasteiger partial charge in [-0.2, -0.15) is 0 Å². The number of carbonyl (C=O) groups excluding carboxylic acids is 1. The quantitative estimate of drug-likeness (QED) is 0.935. The first kappa shape index (κ1) is 16.3. The van der Waals surface area contributed by atoms with Crippen molar-refractivity contribution in [3.63, 3.8) is 0 Å². The average Bonchev–Trinajstić information content (AvgIpc) is 2.52. The summed E-state index contributed by atoms with van der Waals surface area (Å²) < 4.78 is 45.2. The van der Waals surface area contributed by atoms with Gasteiger partial charge in [0.15, 0.2) is 5.75 Å². The van der Waals surface area contributed by atoms with Gasteiger partial charge >= 0.3 is 0 Å². The third kappa shape index (κ3) is 2.82. The van der Waals surface area contributed by atoms with Gasteiger partial charge in [-0.15, -0.1) is 0 Å². The Kier molecular flexibility index (Phi) is 4.19. The molecule has 0 fully saturated rings. The van der Waals surface area contributed by atoms with Crippen LogP contribution in [0, 0.1) is 5.82 Å². The molecule has 1 aliphatic rings. The van der Waals surface area contributed by atoms with Crippen LogP contribution in [0.4, 0.5) is 18.9 Å². The summed E-state index contributed by atoms with van der Waals surface area (Å²) in [5, 5.41) is 0. The SMILES string of the molecule is CN1C(=O)[C@H](N)Cc2cccc(Oc3cc(F)ccc3C(F)F)c21. The van der Waals surface area contributed by atoms with Crippen molar-refractivity contribution in [1.29, 1.82) is 0 Å². The summed E-state index contributed by atoms with van der Waals surface area (Å²) in [4.78, 5) is 13.4. The second-order valence-corrected chi connectivity index (χ2v) is 5.56. The standard InChI is InChI=1S/C17H15F3N2O2/c1-22-15-9(7-12(21)17(22)23)3-2-4-13(15)24-14-8-10(18)5-6-11(14)16(19)20/h2-6,8,12,16H,7,21H2,1H3/t12-/m1/s1. The lowest BCUT2D eigenvalue weighted by Gasteiger charge is -2.31. The summed E-state index contributed by atoms with van der Waals surface area (Å²) in [7, 11) is 1.53. The minimum Gasteiger partial charge on any atom is -0.455 e. The third-order valence-corrected chi connectivity index (χ3v) is 3.94. The number of fused-ring (bicyclic) bond motifs is 1. The number of alkyl halides is 2. The third-order valence-electron chi connectivity index (χ3n) is 3.94. The summed E-state index contributed by atoms with van der Waals surface area (Å²) in [6, 6.07) is 7.16. The Hall–Kier alpha value is -2.54. The number of hydrogen-bond acceptors (Lipinski definition) is 3. The number of likely N-dealkylation sites (N-methyl/N-ethyl adjacent to an activating group) is 1. The molecule has 2 aromatic rings. The Balaban J connectivity index is 2.06. The van der Waals surface area contributed by atoms with Gasteiger partial charge in [0.2, 0.25) is 5.91 Å². The first-order chi connectivity index (χ1) is 11.4. The normalized spacial score (nSPS) is 17.2. The molecule has 1 amide bonds. The molecule has 1 atom stereocenters. The van der Waals surface area contributed by atoms with Gasteiger partial charge in [0, 0.05) is 13.1 Å². The molecule has 3 rings (SSSR count). The molecule has 1 aliphatic heterocycles. The molecule has 0 unspecified atom stereocenters. The highest BCUT2D eigenvalue weighted by Gasteiger charge is 2.30. The number of carbonyl (C=O) groups is 1. The van der Waals surface area contributed by atoms with Gasteiger partial charge in [-0.1, -0.05) is 12.1 Å². The van der Waals surface area contributed by atoms with E-state index < -0.39 is 23.8 Å². The topological polar surface area (TPSA) is 55.6 Å². The van der Waals surface area contributed by atoms with Crippen molar-refractivity contribution in [2.75, 3.05) is 11.9 Å². The molecule has 0 aromatic heterocycles. The van der Waals surface area contributed by atoms with Crippen molar-refractivity contribution < 1.29 is 22.7 Å². The fraction of sp³-hybridized carbons (Fsp3) is 0.235. The molecule has 0 aliphatic carbocycles. The lowest BCUT2D eigenvalue weighted by molar-refractivity contribution is -0.119.